The highest BCUT2D eigenvalue weighted by Gasteiger charge is 2.18. The number of methoxy groups -OCH3 is 1. The van der Waals surface area contributed by atoms with Crippen molar-refractivity contribution in [2.45, 2.75) is 11.8 Å². The summed E-state index contributed by atoms with van der Waals surface area (Å²) in [6.45, 7) is 1.70. The van der Waals surface area contributed by atoms with Crippen LogP contribution in [0.25, 0.3) is 0 Å². The van der Waals surface area contributed by atoms with Crippen LogP contribution in [0.15, 0.2) is 35.5 Å². The number of nitrogen functional groups attached to an aromatic ring is 1. The zero-order valence-electron chi connectivity index (χ0n) is 11.0. The van der Waals surface area contributed by atoms with Crippen molar-refractivity contribution in [2.24, 2.45) is 0 Å². The van der Waals surface area contributed by atoms with Crippen molar-refractivity contribution in [2.75, 3.05) is 17.6 Å². The second kappa shape index (κ2) is 5.33. The predicted molar refractivity (Wildman–Crippen MR) is 75.0 cm³/mol. The molecule has 8 heteroatoms. The minimum Gasteiger partial charge on any atom is -0.491 e. The van der Waals surface area contributed by atoms with E-state index >= 15 is 0 Å². The summed E-state index contributed by atoms with van der Waals surface area (Å²) in [7, 11) is -2.33. The van der Waals surface area contributed by atoms with E-state index in [0.717, 1.165) is 0 Å². The Labute approximate surface area is 116 Å². The van der Waals surface area contributed by atoms with E-state index in [2.05, 4.69) is 14.7 Å². The second-order valence-corrected chi connectivity index (χ2v) is 5.70. The number of aryl methyl sites for hydroxylation is 1. The van der Waals surface area contributed by atoms with Gasteiger partial charge in [-0.1, -0.05) is 0 Å². The van der Waals surface area contributed by atoms with E-state index in [1.54, 1.807) is 6.92 Å². The summed E-state index contributed by atoms with van der Waals surface area (Å²) in [4.78, 5) is 7.91. The highest BCUT2D eigenvalue weighted by molar-refractivity contribution is 7.92. The molecule has 3 N–H and O–H groups in total. The van der Waals surface area contributed by atoms with Crippen LogP contribution in [0.4, 0.5) is 11.5 Å². The monoisotopic (exact) mass is 294 g/mol. The van der Waals surface area contributed by atoms with Crippen LogP contribution in [-0.2, 0) is 10.0 Å². The van der Waals surface area contributed by atoms with Gasteiger partial charge >= 0.3 is 0 Å². The van der Waals surface area contributed by atoms with Crippen molar-refractivity contribution in [1.82, 2.24) is 9.97 Å². The fraction of sp³-hybridized carbons (Fsp3) is 0.167. The largest absolute Gasteiger partial charge is 0.491 e. The Morgan fingerprint density at radius 1 is 1.20 bits per heavy atom. The van der Waals surface area contributed by atoms with Crippen LogP contribution in [0.2, 0.25) is 0 Å². The predicted octanol–water partition coefficient (Wildman–Crippen LogP) is 1.18. The van der Waals surface area contributed by atoms with Gasteiger partial charge in [0.15, 0.2) is 11.6 Å². The number of ether oxygens (including phenoxy) is 1. The Kier molecular flexibility index (Phi) is 3.75. The van der Waals surface area contributed by atoms with Gasteiger partial charge in [-0.15, -0.1) is 0 Å². The fourth-order valence-corrected chi connectivity index (χ4v) is 2.62. The Morgan fingerprint density at radius 2 is 1.85 bits per heavy atom. The van der Waals surface area contributed by atoms with Crippen LogP contribution in [0.1, 0.15) is 5.69 Å². The molecule has 0 atom stereocenters. The zero-order chi connectivity index (χ0) is 14.8. The maximum atomic E-state index is 12.2. The lowest BCUT2D eigenvalue weighted by Gasteiger charge is -2.11. The van der Waals surface area contributed by atoms with Crippen LogP contribution in [-0.4, -0.2) is 25.5 Å². The van der Waals surface area contributed by atoms with E-state index in [-0.39, 0.29) is 16.5 Å². The molecule has 2 aromatic rings. The SMILES string of the molecule is COc1c(C)ncnc1NS(=O)(=O)c1ccc(N)cc1. The molecule has 0 bridgehead atoms. The number of rotatable bonds is 4. The number of nitrogens with one attached hydrogen (secondary N) is 1. The minimum atomic E-state index is -3.76. The van der Waals surface area contributed by atoms with Gasteiger partial charge in [-0.3, -0.25) is 4.72 Å². The number of hydrogen-bond donors (Lipinski definition) is 2. The quantitative estimate of drug-likeness (QED) is 0.820. The Morgan fingerprint density at radius 3 is 2.45 bits per heavy atom. The molecule has 0 fully saturated rings. The molecule has 0 aliphatic rings. The average molecular weight is 294 g/mol. The van der Waals surface area contributed by atoms with Crippen LogP contribution in [0.5, 0.6) is 5.75 Å². The maximum Gasteiger partial charge on any atom is 0.263 e. The summed E-state index contributed by atoms with van der Waals surface area (Å²) >= 11 is 0. The molecule has 0 unspecified atom stereocenters. The first-order chi connectivity index (χ1) is 9.44. The van der Waals surface area contributed by atoms with Gasteiger partial charge in [0.1, 0.15) is 6.33 Å². The van der Waals surface area contributed by atoms with Gasteiger partial charge in [0.2, 0.25) is 0 Å². The number of hydrogen-bond acceptors (Lipinski definition) is 6. The van der Waals surface area contributed by atoms with E-state index in [4.69, 9.17) is 10.5 Å². The molecule has 0 spiro atoms. The molecular weight excluding hydrogens is 280 g/mol. The molecule has 2 rings (SSSR count). The van der Waals surface area contributed by atoms with E-state index < -0.39 is 10.0 Å². The number of benzene rings is 1. The standard InChI is InChI=1S/C12H14N4O3S/c1-8-11(19-2)12(15-7-14-8)16-20(17,18)10-5-3-9(13)4-6-10/h3-7H,13H2,1-2H3,(H,14,15,16). The maximum absolute atomic E-state index is 12.2. The van der Waals surface area contributed by atoms with Crippen molar-refractivity contribution in [1.29, 1.82) is 0 Å². The first kappa shape index (κ1) is 14.1. The summed E-state index contributed by atoms with van der Waals surface area (Å²) < 4.78 is 31.9. The van der Waals surface area contributed by atoms with Crippen LogP contribution in [0, 0.1) is 6.92 Å². The molecule has 1 heterocycles. The van der Waals surface area contributed by atoms with Gasteiger partial charge in [0.25, 0.3) is 10.0 Å². The topological polar surface area (TPSA) is 107 Å². The highest BCUT2D eigenvalue weighted by Crippen LogP contribution is 2.26. The van der Waals surface area contributed by atoms with Crippen LogP contribution in [0.3, 0.4) is 0 Å². The van der Waals surface area contributed by atoms with Gasteiger partial charge in [0.05, 0.1) is 17.7 Å². The van der Waals surface area contributed by atoms with Gasteiger partial charge < -0.3 is 10.5 Å². The third kappa shape index (κ3) is 2.80. The smallest absolute Gasteiger partial charge is 0.263 e. The van der Waals surface area contributed by atoms with Crippen LogP contribution >= 0.6 is 0 Å². The Hall–Kier alpha value is -2.35. The number of anilines is 2. The highest BCUT2D eigenvalue weighted by atomic mass is 32.2. The van der Waals surface area contributed by atoms with Crippen molar-refractivity contribution in [3.8, 4) is 5.75 Å². The molecule has 1 aromatic carbocycles. The normalized spacial score (nSPS) is 11.1. The number of aromatic nitrogens is 2. The third-order valence-corrected chi connectivity index (χ3v) is 3.96. The molecule has 7 nitrogen and oxygen atoms in total. The molecule has 0 radical (unpaired) electrons. The fourth-order valence-electron chi connectivity index (χ4n) is 1.61. The summed E-state index contributed by atoms with van der Waals surface area (Å²) in [5.41, 5.74) is 6.56. The van der Waals surface area contributed by atoms with Gasteiger partial charge in [-0.25, -0.2) is 18.4 Å². The second-order valence-electron chi connectivity index (χ2n) is 4.02. The lowest BCUT2D eigenvalue weighted by atomic mass is 10.3. The molecule has 0 saturated carbocycles. The lowest BCUT2D eigenvalue weighted by molar-refractivity contribution is 0.409. The molecule has 0 amide bonds. The molecule has 0 aliphatic carbocycles. The Balaban J connectivity index is 2.38. The van der Waals surface area contributed by atoms with Crippen LogP contribution < -0.4 is 15.2 Å². The third-order valence-electron chi connectivity index (χ3n) is 2.61. The zero-order valence-corrected chi connectivity index (χ0v) is 11.8. The van der Waals surface area contributed by atoms with Crippen molar-refractivity contribution in [3.05, 3.63) is 36.3 Å². The molecule has 106 valence electrons. The van der Waals surface area contributed by atoms with Gasteiger partial charge in [0, 0.05) is 5.69 Å². The summed E-state index contributed by atoms with van der Waals surface area (Å²) in [5, 5.41) is 0. The first-order valence-electron chi connectivity index (χ1n) is 5.68. The number of sulfonamides is 1. The first-order valence-corrected chi connectivity index (χ1v) is 7.16. The van der Waals surface area contributed by atoms with Gasteiger partial charge in [-0.05, 0) is 31.2 Å². The Bertz CT molecular complexity index is 714. The molecule has 0 aliphatic heterocycles. The molecule has 0 saturated heterocycles. The molecule has 1 aromatic heterocycles. The van der Waals surface area contributed by atoms with Crippen molar-refractivity contribution in [3.63, 3.8) is 0 Å². The molecular formula is C12H14N4O3S. The summed E-state index contributed by atoms with van der Waals surface area (Å²) in [6.07, 6.45) is 1.26. The molecule has 20 heavy (non-hydrogen) atoms. The minimum absolute atomic E-state index is 0.0880. The average Bonchev–Trinajstić information content (AvgIpc) is 2.39. The summed E-state index contributed by atoms with van der Waals surface area (Å²) in [5.74, 6) is 0.378. The van der Waals surface area contributed by atoms with E-state index in [1.807, 2.05) is 0 Å². The van der Waals surface area contributed by atoms with Crippen molar-refractivity contribution >= 4 is 21.5 Å². The van der Waals surface area contributed by atoms with E-state index in [1.165, 1.54) is 37.7 Å². The summed E-state index contributed by atoms with van der Waals surface area (Å²) in [6, 6.07) is 5.85. The number of nitrogens with zero attached hydrogens (tertiary/aromatic N) is 2. The lowest BCUT2D eigenvalue weighted by Crippen LogP contribution is -2.15. The van der Waals surface area contributed by atoms with Gasteiger partial charge in [-0.2, -0.15) is 0 Å². The van der Waals surface area contributed by atoms with E-state index in [0.29, 0.717) is 11.4 Å². The van der Waals surface area contributed by atoms with E-state index in [9.17, 15) is 8.42 Å². The van der Waals surface area contributed by atoms with Crippen molar-refractivity contribution < 1.29 is 13.2 Å². The number of nitrogens with two attached hydrogens (primary N) is 1.